The monoisotopic (exact) mass is 265 g/mol. The first kappa shape index (κ1) is 12.2. The summed E-state index contributed by atoms with van der Waals surface area (Å²) < 4.78 is 23.1. The average Bonchev–Trinajstić information content (AvgIpc) is 2.99. The van der Waals surface area contributed by atoms with Crippen LogP contribution in [0, 0.1) is 0 Å². The Morgan fingerprint density at radius 3 is 2.33 bits per heavy atom. The zero-order valence-corrected chi connectivity index (χ0v) is 11.5. The number of hydrogen-bond acceptors (Lipinski definition) is 3. The van der Waals surface area contributed by atoms with Crippen LogP contribution in [0.25, 0.3) is 0 Å². The van der Waals surface area contributed by atoms with E-state index in [1.807, 2.05) is 12.1 Å². The minimum absolute atomic E-state index is 0.451. The van der Waals surface area contributed by atoms with Crippen molar-refractivity contribution in [2.45, 2.75) is 36.5 Å². The van der Waals surface area contributed by atoms with Crippen molar-refractivity contribution >= 4 is 9.84 Å². The van der Waals surface area contributed by atoms with Crippen molar-refractivity contribution in [3.05, 3.63) is 35.4 Å². The van der Waals surface area contributed by atoms with E-state index in [0.29, 0.717) is 6.04 Å². The van der Waals surface area contributed by atoms with Gasteiger partial charge in [-0.25, -0.2) is 8.42 Å². The van der Waals surface area contributed by atoms with E-state index >= 15 is 0 Å². The van der Waals surface area contributed by atoms with Gasteiger partial charge in [0.05, 0.1) is 4.75 Å². The number of rotatable bonds is 3. The van der Waals surface area contributed by atoms with Crippen molar-refractivity contribution in [1.82, 2.24) is 5.32 Å². The molecule has 2 fully saturated rings. The molecule has 1 aliphatic carbocycles. The standard InChI is InChI=1S/C14H19NO2S/c1-18(16,17)14(8-9-14)12-6-4-11(5-7-12)13-3-2-10-15-13/h4-7,13,15H,2-3,8-10H2,1H3. The fourth-order valence-corrected chi connectivity index (χ4v) is 4.38. The van der Waals surface area contributed by atoms with Crippen LogP contribution >= 0.6 is 0 Å². The van der Waals surface area contributed by atoms with Crippen LogP contribution < -0.4 is 5.32 Å². The number of nitrogens with one attached hydrogen (secondary N) is 1. The highest BCUT2D eigenvalue weighted by Gasteiger charge is 2.53. The molecule has 4 heteroatoms. The second-order valence-electron chi connectivity index (χ2n) is 5.54. The van der Waals surface area contributed by atoms with Crippen molar-refractivity contribution in [2.75, 3.05) is 12.8 Å². The Kier molecular flexibility index (Phi) is 2.75. The number of hydrogen-bond donors (Lipinski definition) is 1. The molecule has 2 aliphatic rings. The third-order valence-corrected chi connectivity index (χ3v) is 6.38. The summed E-state index contributed by atoms with van der Waals surface area (Å²) in [6.45, 7) is 1.08. The predicted octanol–water partition coefficient (Wildman–Crippen LogP) is 2.14. The van der Waals surface area contributed by atoms with Gasteiger partial charge in [-0.2, -0.15) is 0 Å². The van der Waals surface area contributed by atoms with Gasteiger partial charge in [0.2, 0.25) is 0 Å². The third kappa shape index (κ3) is 1.88. The highest BCUT2D eigenvalue weighted by atomic mass is 32.2. The minimum Gasteiger partial charge on any atom is -0.310 e. The van der Waals surface area contributed by atoms with Crippen LogP contribution in [-0.2, 0) is 14.6 Å². The Morgan fingerprint density at radius 1 is 1.22 bits per heavy atom. The summed E-state index contributed by atoms with van der Waals surface area (Å²) in [4.78, 5) is 0. The van der Waals surface area contributed by atoms with Crippen molar-refractivity contribution in [3.63, 3.8) is 0 Å². The fraction of sp³-hybridized carbons (Fsp3) is 0.571. The molecule has 0 amide bonds. The number of sulfone groups is 1. The zero-order chi connectivity index (χ0) is 12.8. The Bertz CT molecular complexity index is 538. The van der Waals surface area contributed by atoms with Crippen molar-refractivity contribution in [3.8, 4) is 0 Å². The lowest BCUT2D eigenvalue weighted by Crippen LogP contribution is -2.19. The molecule has 18 heavy (non-hydrogen) atoms. The smallest absolute Gasteiger partial charge is 0.157 e. The molecule has 1 heterocycles. The maximum absolute atomic E-state index is 11.8. The third-order valence-electron chi connectivity index (χ3n) is 4.31. The maximum Gasteiger partial charge on any atom is 0.157 e. The maximum atomic E-state index is 11.8. The minimum atomic E-state index is -2.99. The lowest BCUT2D eigenvalue weighted by molar-refractivity contribution is 0.586. The van der Waals surface area contributed by atoms with Crippen molar-refractivity contribution in [2.24, 2.45) is 0 Å². The molecule has 1 unspecified atom stereocenters. The largest absolute Gasteiger partial charge is 0.310 e. The van der Waals surface area contributed by atoms with Gasteiger partial charge in [-0.1, -0.05) is 24.3 Å². The Labute approximate surface area is 109 Å². The summed E-state index contributed by atoms with van der Waals surface area (Å²) in [6.07, 6.45) is 5.29. The molecule has 3 rings (SSSR count). The molecule has 1 saturated heterocycles. The normalized spacial score (nSPS) is 26.2. The van der Waals surface area contributed by atoms with Crippen LogP contribution in [0.3, 0.4) is 0 Å². The molecule has 0 spiro atoms. The van der Waals surface area contributed by atoms with Crippen molar-refractivity contribution < 1.29 is 8.42 Å². The predicted molar refractivity (Wildman–Crippen MR) is 72.2 cm³/mol. The molecule has 0 radical (unpaired) electrons. The molecular weight excluding hydrogens is 246 g/mol. The van der Waals surface area contributed by atoms with Gasteiger partial charge in [0, 0.05) is 12.3 Å². The summed E-state index contributed by atoms with van der Waals surface area (Å²) >= 11 is 0. The van der Waals surface area contributed by atoms with E-state index in [4.69, 9.17) is 0 Å². The molecule has 1 aromatic carbocycles. The van der Waals surface area contributed by atoms with E-state index in [1.54, 1.807) is 0 Å². The molecule has 1 N–H and O–H groups in total. The van der Waals surface area contributed by atoms with Crippen LogP contribution in [-0.4, -0.2) is 21.2 Å². The molecule has 98 valence electrons. The zero-order valence-electron chi connectivity index (χ0n) is 10.6. The molecule has 1 aromatic rings. The van der Waals surface area contributed by atoms with Gasteiger partial charge in [-0.05, 0) is 43.4 Å². The van der Waals surface area contributed by atoms with E-state index in [1.165, 1.54) is 24.7 Å². The second-order valence-corrected chi connectivity index (χ2v) is 7.86. The summed E-state index contributed by atoms with van der Waals surface area (Å²) in [7, 11) is -2.99. The Hall–Kier alpha value is -0.870. The van der Waals surface area contributed by atoms with Gasteiger partial charge in [0.25, 0.3) is 0 Å². The van der Waals surface area contributed by atoms with Gasteiger partial charge in [0.1, 0.15) is 0 Å². The van der Waals surface area contributed by atoms with Crippen LogP contribution in [0.1, 0.15) is 42.9 Å². The first-order valence-corrected chi connectivity index (χ1v) is 8.45. The van der Waals surface area contributed by atoms with Crippen LogP contribution in [0.15, 0.2) is 24.3 Å². The van der Waals surface area contributed by atoms with Crippen molar-refractivity contribution in [1.29, 1.82) is 0 Å². The molecule has 1 aliphatic heterocycles. The van der Waals surface area contributed by atoms with Gasteiger partial charge in [-0.3, -0.25) is 0 Å². The topological polar surface area (TPSA) is 46.2 Å². The first-order valence-electron chi connectivity index (χ1n) is 6.56. The van der Waals surface area contributed by atoms with Gasteiger partial charge >= 0.3 is 0 Å². The molecule has 0 aromatic heterocycles. The molecule has 1 saturated carbocycles. The van der Waals surface area contributed by atoms with E-state index in [2.05, 4.69) is 17.4 Å². The number of benzene rings is 1. The van der Waals surface area contributed by atoms with E-state index in [-0.39, 0.29) is 0 Å². The first-order chi connectivity index (χ1) is 8.53. The summed E-state index contributed by atoms with van der Waals surface area (Å²) in [5.41, 5.74) is 2.24. The van der Waals surface area contributed by atoms with Crippen LogP contribution in [0.5, 0.6) is 0 Å². The molecule has 3 nitrogen and oxygen atoms in total. The summed E-state index contributed by atoms with van der Waals surface area (Å²) in [5, 5.41) is 3.46. The highest BCUT2D eigenvalue weighted by Crippen LogP contribution is 2.52. The van der Waals surface area contributed by atoms with E-state index in [0.717, 1.165) is 24.9 Å². The van der Waals surface area contributed by atoms with Crippen LogP contribution in [0.2, 0.25) is 0 Å². The Balaban J connectivity index is 1.88. The Morgan fingerprint density at radius 2 is 1.89 bits per heavy atom. The summed E-state index contributed by atoms with van der Waals surface area (Å²) in [6, 6.07) is 8.63. The highest BCUT2D eigenvalue weighted by molar-refractivity contribution is 7.92. The lowest BCUT2D eigenvalue weighted by Gasteiger charge is -2.16. The summed E-state index contributed by atoms with van der Waals surface area (Å²) in [5.74, 6) is 0. The van der Waals surface area contributed by atoms with E-state index in [9.17, 15) is 8.42 Å². The average molecular weight is 265 g/mol. The molecule has 1 atom stereocenters. The van der Waals surface area contributed by atoms with Crippen LogP contribution in [0.4, 0.5) is 0 Å². The lowest BCUT2D eigenvalue weighted by atomic mass is 10.0. The SMILES string of the molecule is CS(=O)(=O)C1(c2ccc(C3CCCN3)cc2)CC1. The quantitative estimate of drug-likeness (QED) is 0.911. The fourth-order valence-electron chi connectivity index (χ4n) is 2.98. The van der Waals surface area contributed by atoms with Gasteiger partial charge in [0.15, 0.2) is 9.84 Å². The second kappa shape index (κ2) is 4.07. The van der Waals surface area contributed by atoms with Gasteiger partial charge < -0.3 is 5.32 Å². The van der Waals surface area contributed by atoms with E-state index < -0.39 is 14.6 Å². The molecule has 0 bridgehead atoms. The molecular formula is C14H19NO2S. The van der Waals surface area contributed by atoms with Gasteiger partial charge in [-0.15, -0.1) is 0 Å².